The van der Waals surface area contributed by atoms with Gasteiger partial charge in [-0.15, -0.1) is 0 Å². The first kappa shape index (κ1) is 21.1. The number of hydrogen-bond donors (Lipinski definition) is 1. The van der Waals surface area contributed by atoms with E-state index in [1.165, 1.54) is 6.07 Å². The molecule has 3 aromatic rings. The smallest absolute Gasteiger partial charge is 0.221 e. The van der Waals surface area contributed by atoms with Crippen LogP contribution < -0.4 is 10.1 Å². The summed E-state index contributed by atoms with van der Waals surface area (Å²) in [6, 6.07) is 16.4. The van der Waals surface area contributed by atoms with E-state index in [4.69, 9.17) is 4.74 Å². The van der Waals surface area contributed by atoms with E-state index in [-0.39, 0.29) is 11.7 Å². The van der Waals surface area contributed by atoms with Gasteiger partial charge in [-0.2, -0.15) is 5.10 Å². The number of halogens is 1. The van der Waals surface area contributed by atoms with Crippen molar-refractivity contribution in [3.8, 4) is 5.75 Å². The van der Waals surface area contributed by atoms with Crippen LogP contribution in [0.25, 0.3) is 0 Å². The Morgan fingerprint density at radius 1 is 1.13 bits per heavy atom. The van der Waals surface area contributed by atoms with Crippen molar-refractivity contribution in [2.24, 2.45) is 0 Å². The molecule has 1 aliphatic rings. The maximum atomic E-state index is 14.4. The minimum atomic E-state index is -0.429. The Morgan fingerprint density at radius 3 is 2.81 bits per heavy atom. The third-order valence-electron chi connectivity index (χ3n) is 5.41. The molecule has 31 heavy (non-hydrogen) atoms. The molecule has 0 bridgehead atoms. The van der Waals surface area contributed by atoms with Gasteiger partial charge >= 0.3 is 0 Å². The van der Waals surface area contributed by atoms with Gasteiger partial charge in [-0.1, -0.05) is 36.4 Å². The van der Waals surface area contributed by atoms with Crippen LogP contribution in [0.1, 0.15) is 30.1 Å². The molecule has 0 spiro atoms. The number of fused-ring (bicyclic) bond motifs is 1. The van der Waals surface area contributed by atoms with Crippen molar-refractivity contribution in [1.29, 1.82) is 0 Å². The molecular weight excluding hydrogens is 395 g/mol. The summed E-state index contributed by atoms with van der Waals surface area (Å²) < 4.78 is 22.5. The summed E-state index contributed by atoms with van der Waals surface area (Å²) in [5.41, 5.74) is 1.58. The number of aryl methyl sites for hydroxylation is 1. The van der Waals surface area contributed by atoms with Gasteiger partial charge in [0, 0.05) is 62.7 Å². The predicted molar refractivity (Wildman–Crippen MR) is 116 cm³/mol. The first-order valence-electron chi connectivity index (χ1n) is 10.6. The van der Waals surface area contributed by atoms with Gasteiger partial charge < -0.3 is 10.1 Å². The summed E-state index contributed by atoms with van der Waals surface area (Å²) in [5, 5.41) is 7.13. The van der Waals surface area contributed by atoms with Gasteiger partial charge in [0.15, 0.2) is 0 Å². The predicted octanol–water partition coefficient (Wildman–Crippen LogP) is 3.55. The number of hydrogen-bond acceptors (Lipinski definition) is 4. The number of nitrogens with zero attached hydrogens (tertiary/aromatic N) is 3. The van der Waals surface area contributed by atoms with Crippen molar-refractivity contribution in [3.05, 3.63) is 83.9 Å². The second kappa shape index (κ2) is 10.2. The topological polar surface area (TPSA) is 59.4 Å². The molecular formula is C24H27FN4O2. The van der Waals surface area contributed by atoms with Crippen LogP contribution in [0.2, 0.25) is 0 Å². The molecule has 0 saturated heterocycles. The zero-order valence-corrected chi connectivity index (χ0v) is 17.4. The molecule has 1 amide bonds. The molecule has 1 N–H and O–H groups in total. The number of carbonyl (C=O) groups excluding carboxylic acids is 1. The van der Waals surface area contributed by atoms with Crippen LogP contribution in [0.15, 0.2) is 67.0 Å². The van der Waals surface area contributed by atoms with Crippen molar-refractivity contribution in [1.82, 2.24) is 20.0 Å². The van der Waals surface area contributed by atoms with E-state index in [9.17, 15) is 9.18 Å². The van der Waals surface area contributed by atoms with E-state index in [1.807, 2.05) is 47.3 Å². The lowest BCUT2D eigenvalue weighted by Gasteiger charge is -2.24. The Hall–Kier alpha value is -3.19. The molecule has 0 radical (unpaired) electrons. The van der Waals surface area contributed by atoms with Crippen molar-refractivity contribution < 1.29 is 13.9 Å². The highest BCUT2D eigenvalue weighted by Crippen LogP contribution is 2.32. The van der Waals surface area contributed by atoms with Gasteiger partial charge in [0.2, 0.25) is 5.91 Å². The normalized spacial score (nSPS) is 16.2. The minimum absolute atomic E-state index is 0.0151. The van der Waals surface area contributed by atoms with Crippen molar-refractivity contribution in [2.75, 3.05) is 19.6 Å². The van der Waals surface area contributed by atoms with Gasteiger partial charge in [0.05, 0.1) is 0 Å². The first-order chi connectivity index (χ1) is 15.2. The standard InChI is InChI=1S/C24H27FN4O2/c25-21-9-3-2-8-20(21)23-18-28(17-19-7-1-4-10-22(19)31-23)16-11-24(30)26-12-5-14-29-15-6-13-27-29/h1-4,6-10,13,15,23H,5,11-12,14,16-18H2,(H,26,30)/t23-/m1/s1. The molecule has 0 saturated carbocycles. The van der Waals surface area contributed by atoms with Crippen LogP contribution in [0.5, 0.6) is 5.75 Å². The maximum absolute atomic E-state index is 14.4. The van der Waals surface area contributed by atoms with Gasteiger partial charge in [0.1, 0.15) is 17.7 Å². The van der Waals surface area contributed by atoms with Crippen LogP contribution in [-0.4, -0.2) is 40.2 Å². The number of amides is 1. The van der Waals surface area contributed by atoms with Crippen LogP contribution in [-0.2, 0) is 17.9 Å². The molecule has 1 atom stereocenters. The Morgan fingerprint density at radius 2 is 1.97 bits per heavy atom. The van der Waals surface area contributed by atoms with E-state index in [1.54, 1.807) is 18.3 Å². The fraction of sp³-hybridized carbons (Fsp3) is 0.333. The molecule has 1 aliphatic heterocycles. The SMILES string of the molecule is O=C(CCN1Cc2ccccc2O[C@@H](c2ccccc2F)C1)NCCCn1cccn1. The van der Waals surface area contributed by atoms with Gasteiger partial charge in [-0.05, 0) is 24.6 Å². The third-order valence-corrected chi connectivity index (χ3v) is 5.41. The van der Waals surface area contributed by atoms with Crippen LogP contribution in [0, 0.1) is 5.82 Å². The second-order valence-electron chi connectivity index (χ2n) is 7.69. The second-order valence-corrected chi connectivity index (χ2v) is 7.69. The van der Waals surface area contributed by atoms with Crippen molar-refractivity contribution in [3.63, 3.8) is 0 Å². The Bertz CT molecular complexity index is 993. The number of carbonyl (C=O) groups is 1. The summed E-state index contributed by atoms with van der Waals surface area (Å²) in [5.74, 6) is 0.504. The molecule has 6 nitrogen and oxygen atoms in total. The summed E-state index contributed by atoms with van der Waals surface area (Å²) >= 11 is 0. The number of ether oxygens (including phenoxy) is 1. The molecule has 0 aliphatic carbocycles. The first-order valence-corrected chi connectivity index (χ1v) is 10.6. The molecule has 2 heterocycles. The summed E-state index contributed by atoms with van der Waals surface area (Å²) in [7, 11) is 0. The third kappa shape index (κ3) is 5.70. The molecule has 0 unspecified atom stereocenters. The van der Waals surface area contributed by atoms with Gasteiger partial charge in [-0.25, -0.2) is 4.39 Å². The molecule has 162 valence electrons. The summed E-state index contributed by atoms with van der Waals surface area (Å²) in [6.07, 6.45) is 4.44. The van der Waals surface area contributed by atoms with E-state index >= 15 is 0 Å². The van der Waals surface area contributed by atoms with Crippen LogP contribution >= 0.6 is 0 Å². The average molecular weight is 423 g/mol. The lowest BCUT2D eigenvalue weighted by molar-refractivity contribution is -0.121. The zero-order chi connectivity index (χ0) is 21.5. The molecule has 2 aromatic carbocycles. The largest absolute Gasteiger partial charge is 0.484 e. The summed E-state index contributed by atoms with van der Waals surface area (Å²) in [4.78, 5) is 14.5. The summed E-state index contributed by atoms with van der Waals surface area (Å²) in [6.45, 7) is 3.14. The minimum Gasteiger partial charge on any atom is -0.484 e. The monoisotopic (exact) mass is 422 g/mol. The fourth-order valence-electron chi connectivity index (χ4n) is 3.80. The van der Waals surface area contributed by atoms with E-state index in [0.717, 1.165) is 24.3 Å². The highest BCUT2D eigenvalue weighted by atomic mass is 19.1. The zero-order valence-electron chi connectivity index (χ0n) is 17.4. The number of nitrogens with one attached hydrogen (secondary N) is 1. The number of benzene rings is 2. The number of para-hydroxylation sites is 1. The molecule has 1 aromatic heterocycles. The van der Waals surface area contributed by atoms with Crippen LogP contribution in [0.4, 0.5) is 4.39 Å². The van der Waals surface area contributed by atoms with Crippen molar-refractivity contribution >= 4 is 5.91 Å². The Balaban J connectivity index is 1.34. The van der Waals surface area contributed by atoms with E-state index in [0.29, 0.717) is 38.2 Å². The maximum Gasteiger partial charge on any atom is 0.221 e. The fourth-order valence-corrected chi connectivity index (χ4v) is 3.80. The highest BCUT2D eigenvalue weighted by Gasteiger charge is 2.26. The molecule has 4 rings (SSSR count). The Labute approximate surface area is 181 Å². The van der Waals surface area contributed by atoms with E-state index in [2.05, 4.69) is 15.3 Å². The quantitative estimate of drug-likeness (QED) is 0.564. The molecule has 0 fully saturated rings. The van der Waals surface area contributed by atoms with Gasteiger partial charge in [-0.3, -0.25) is 14.4 Å². The number of aromatic nitrogens is 2. The lowest BCUT2D eigenvalue weighted by atomic mass is 10.1. The van der Waals surface area contributed by atoms with Crippen LogP contribution in [0.3, 0.4) is 0 Å². The van der Waals surface area contributed by atoms with Crippen molar-refractivity contribution in [2.45, 2.75) is 32.0 Å². The molecule has 7 heteroatoms. The van der Waals surface area contributed by atoms with E-state index < -0.39 is 6.10 Å². The Kier molecular flexibility index (Phi) is 6.94. The highest BCUT2D eigenvalue weighted by molar-refractivity contribution is 5.76. The average Bonchev–Trinajstić information content (AvgIpc) is 3.22. The lowest BCUT2D eigenvalue weighted by Crippen LogP contribution is -2.33. The number of rotatable bonds is 8. The van der Waals surface area contributed by atoms with Gasteiger partial charge in [0.25, 0.3) is 0 Å².